The maximum atomic E-state index is 13.6. The van der Waals surface area contributed by atoms with Crippen LogP contribution < -0.4 is 4.74 Å². The molecule has 35 heavy (non-hydrogen) atoms. The molecule has 2 aliphatic heterocycles. The SMILES string of the molecule is COc1cccc(S(=O)(=O)N2CCCCN3[C@H](CO)[C@@H](c4ccc(-c5ccccc5)cc4)[C@@H]3C2)c1. The van der Waals surface area contributed by atoms with Crippen LogP contribution in [0, 0.1) is 0 Å². The summed E-state index contributed by atoms with van der Waals surface area (Å²) in [5.74, 6) is 0.603. The van der Waals surface area contributed by atoms with Gasteiger partial charge >= 0.3 is 0 Å². The van der Waals surface area contributed by atoms with Gasteiger partial charge in [-0.1, -0.05) is 60.7 Å². The van der Waals surface area contributed by atoms with E-state index in [0.717, 1.165) is 36.1 Å². The summed E-state index contributed by atoms with van der Waals surface area (Å²) in [6, 6.07) is 25.5. The maximum Gasteiger partial charge on any atom is 0.243 e. The Balaban J connectivity index is 1.42. The van der Waals surface area contributed by atoms with Crippen molar-refractivity contribution in [1.29, 1.82) is 0 Å². The minimum Gasteiger partial charge on any atom is -0.497 e. The molecule has 3 aromatic rings. The Hall–Kier alpha value is -2.71. The van der Waals surface area contributed by atoms with Gasteiger partial charge in [-0.2, -0.15) is 4.31 Å². The standard InChI is InChI=1S/C28H32N2O4S/c1-34-24-10-7-11-25(18-24)35(32,33)29-16-5-6-17-30-26(19-29)28(27(30)20-31)23-14-12-22(13-15-23)21-8-3-2-4-9-21/h2-4,7-15,18,26-28,31H,5-6,16-17,19-20H2,1H3/t26-,27+,28-/m0/s1. The van der Waals surface area contributed by atoms with Crippen molar-refractivity contribution in [1.82, 2.24) is 9.21 Å². The number of nitrogens with zero attached hydrogens (tertiary/aromatic N) is 2. The third kappa shape index (κ3) is 4.61. The largest absolute Gasteiger partial charge is 0.497 e. The molecule has 2 heterocycles. The number of hydrogen-bond acceptors (Lipinski definition) is 5. The number of ether oxygens (including phenoxy) is 1. The number of methoxy groups -OCH3 is 1. The van der Waals surface area contributed by atoms with Crippen LogP contribution in [0.1, 0.15) is 24.3 Å². The zero-order chi connectivity index (χ0) is 24.4. The van der Waals surface area contributed by atoms with Gasteiger partial charge in [0.1, 0.15) is 5.75 Å². The van der Waals surface area contributed by atoms with Gasteiger partial charge in [0.15, 0.2) is 0 Å². The van der Waals surface area contributed by atoms with Gasteiger partial charge in [-0.05, 0) is 48.2 Å². The quantitative estimate of drug-likeness (QED) is 0.564. The first kappa shape index (κ1) is 24.0. The monoisotopic (exact) mass is 492 g/mol. The van der Waals surface area contributed by atoms with E-state index in [1.807, 2.05) is 18.2 Å². The van der Waals surface area contributed by atoms with Crippen molar-refractivity contribution in [2.45, 2.75) is 35.7 Å². The third-order valence-electron chi connectivity index (χ3n) is 7.41. The summed E-state index contributed by atoms with van der Waals surface area (Å²) >= 11 is 0. The van der Waals surface area contributed by atoms with E-state index < -0.39 is 10.0 Å². The van der Waals surface area contributed by atoms with Crippen LogP contribution in [0.2, 0.25) is 0 Å². The Labute approximate surface area is 207 Å². The van der Waals surface area contributed by atoms with E-state index >= 15 is 0 Å². The van der Waals surface area contributed by atoms with Gasteiger partial charge in [0.2, 0.25) is 10.0 Å². The first-order valence-electron chi connectivity index (χ1n) is 12.2. The lowest BCUT2D eigenvalue weighted by Crippen LogP contribution is -2.67. The fourth-order valence-corrected chi connectivity index (χ4v) is 7.10. The van der Waals surface area contributed by atoms with Crippen LogP contribution in [0.25, 0.3) is 11.1 Å². The van der Waals surface area contributed by atoms with Gasteiger partial charge in [-0.3, -0.25) is 4.90 Å². The molecule has 0 amide bonds. The summed E-state index contributed by atoms with van der Waals surface area (Å²) in [5.41, 5.74) is 3.45. The van der Waals surface area contributed by atoms with Crippen molar-refractivity contribution in [3.05, 3.63) is 84.4 Å². The zero-order valence-corrected chi connectivity index (χ0v) is 20.8. The number of benzene rings is 3. The lowest BCUT2D eigenvalue weighted by molar-refractivity contribution is -0.0553. The molecule has 0 radical (unpaired) electrons. The fourth-order valence-electron chi connectivity index (χ4n) is 5.57. The smallest absolute Gasteiger partial charge is 0.243 e. The molecule has 6 nitrogen and oxygen atoms in total. The van der Waals surface area contributed by atoms with Gasteiger partial charge < -0.3 is 9.84 Å². The van der Waals surface area contributed by atoms with E-state index in [1.165, 1.54) is 7.11 Å². The number of hydrogen-bond donors (Lipinski definition) is 1. The number of aliphatic hydroxyl groups excluding tert-OH is 1. The Kier molecular flexibility index (Phi) is 6.93. The Morgan fingerprint density at radius 1 is 0.914 bits per heavy atom. The Morgan fingerprint density at radius 2 is 1.63 bits per heavy atom. The second-order valence-corrected chi connectivity index (χ2v) is 11.3. The molecule has 3 aromatic carbocycles. The van der Waals surface area contributed by atoms with Crippen LogP contribution in [-0.2, 0) is 10.0 Å². The summed E-state index contributed by atoms with van der Waals surface area (Å²) in [7, 11) is -2.13. The highest BCUT2D eigenvalue weighted by Gasteiger charge is 2.50. The van der Waals surface area contributed by atoms with Gasteiger partial charge in [0.25, 0.3) is 0 Å². The normalized spacial score (nSPS) is 23.5. The number of fused-ring (bicyclic) bond motifs is 1. The molecule has 184 valence electrons. The fraction of sp³-hybridized carbons (Fsp3) is 0.357. The van der Waals surface area contributed by atoms with Crippen molar-refractivity contribution in [3.8, 4) is 16.9 Å². The maximum absolute atomic E-state index is 13.6. The molecule has 7 heteroatoms. The van der Waals surface area contributed by atoms with E-state index in [2.05, 4.69) is 41.3 Å². The zero-order valence-electron chi connectivity index (χ0n) is 20.0. The predicted molar refractivity (Wildman–Crippen MR) is 137 cm³/mol. The topological polar surface area (TPSA) is 70.1 Å². The Morgan fingerprint density at radius 3 is 2.34 bits per heavy atom. The second kappa shape index (κ2) is 10.1. The van der Waals surface area contributed by atoms with Crippen molar-refractivity contribution in [3.63, 3.8) is 0 Å². The first-order chi connectivity index (χ1) is 17.0. The lowest BCUT2D eigenvalue weighted by Gasteiger charge is -2.57. The lowest BCUT2D eigenvalue weighted by atomic mass is 9.74. The minimum atomic E-state index is -3.67. The third-order valence-corrected chi connectivity index (χ3v) is 9.28. The molecule has 5 rings (SSSR count). The van der Waals surface area contributed by atoms with E-state index in [9.17, 15) is 13.5 Å². The molecule has 0 aromatic heterocycles. The summed E-state index contributed by atoms with van der Waals surface area (Å²) in [4.78, 5) is 2.55. The van der Waals surface area contributed by atoms with Crippen LogP contribution >= 0.6 is 0 Å². The van der Waals surface area contributed by atoms with Gasteiger partial charge in [-0.25, -0.2) is 8.42 Å². The molecule has 0 bridgehead atoms. The number of aliphatic hydroxyl groups is 1. The van der Waals surface area contributed by atoms with Gasteiger partial charge in [0.05, 0.1) is 18.6 Å². The molecular formula is C28H32N2O4S. The summed E-state index contributed by atoms with van der Waals surface area (Å²) in [6.45, 7) is 1.83. The van der Waals surface area contributed by atoms with E-state index in [4.69, 9.17) is 4.74 Å². The van der Waals surface area contributed by atoms with Gasteiger partial charge in [-0.15, -0.1) is 0 Å². The average molecular weight is 493 g/mol. The highest BCUT2D eigenvalue weighted by atomic mass is 32.2. The Bertz CT molecular complexity index is 1250. The van der Waals surface area contributed by atoms with Crippen LogP contribution in [0.4, 0.5) is 0 Å². The molecule has 0 saturated carbocycles. The molecule has 0 aliphatic carbocycles. The first-order valence-corrected chi connectivity index (χ1v) is 13.6. The molecule has 2 saturated heterocycles. The second-order valence-electron chi connectivity index (χ2n) is 9.32. The van der Waals surface area contributed by atoms with Gasteiger partial charge in [0, 0.05) is 37.2 Å². The van der Waals surface area contributed by atoms with Crippen LogP contribution in [0.3, 0.4) is 0 Å². The van der Waals surface area contributed by atoms with Crippen molar-refractivity contribution in [2.24, 2.45) is 0 Å². The summed E-state index contributed by atoms with van der Waals surface area (Å²) in [6.07, 6.45) is 1.69. The molecular weight excluding hydrogens is 460 g/mol. The average Bonchev–Trinajstić information content (AvgIpc) is 2.88. The van der Waals surface area contributed by atoms with Crippen molar-refractivity contribution in [2.75, 3.05) is 33.4 Å². The van der Waals surface area contributed by atoms with E-state index in [0.29, 0.717) is 18.8 Å². The summed E-state index contributed by atoms with van der Waals surface area (Å²) < 4.78 is 34.1. The van der Waals surface area contributed by atoms with Crippen LogP contribution in [0.15, 0.2) is 83.8 Å². The predicted octanol–water partition coefficient (Wildman–Crippen LogP) is 3.98. The molecule has 3 atom stereocenters. The minimum absolute atomic E-state index is 0.00190. The van der Waals surface area contributed by atoms with Crippen molar-refractivity contribution >= 4 is 10.0 Å². The highest BCUT2D eigenvalue weighted by molar-refractivity contribution is 7.89. The van der Waals surface area contributed by atoms with Crippen LogP contribution in [0.5, 0.6) is 5.75 Å². The van der Waals surface area contributed by atoms with E-state index in [1.54, 1.807) is 28.6 Å². The molecule has 0 spiro atoms. The molecule has 2 fully saturated rings. The molecule has 0 unspecified atom stereocenters. The molecule has 1 N–H and O–H groups in total. The van der Waals surface area contributed by atoms with Crippen molar-refractivity contribution < 1.29 is 18.3 Å². The van der Waals surface area contributed by atoms with E-state index in [-0.39, 0.29) is 29.5 Å². The molecule has 2 aliphatic rings. The number of rotatable bonds is 6. The summed E-state index contributed by atoms with van der Waals surface area (Å²) in [5, 5.41) is 10.2. The highest BCUT2D eigenvalue weighted by Crippen LogP contribution is 2.43. The number of sulfonamides is 1. The van der Waals surface area contributed by atoms with Crippen LogP contribution in [-0.4, -0.2) is 68.2 Å².